The van der Waals surface area contributed by atoms with Gasteiger partial charge >= 0.3 is 5.97 Å². The Labute approximate surface area is 89.0 Å². The summed E-state index contributed by atoms with van der Waals surface area (Å²) < 4.78 is 5.25. The summed E-state index contributed by atoms with van der Waals surface area (Å²) in [6.07, 6.45) is 0.974. The smallest absolute Gasteiger partial charge is 0.334 e. The molecule has 0 saturated heterocycles. The molecule has 0 aliphatic heterocycles. The Morgan fingerprint density at radius 3 is 2.47 bits per heavy atom. The van der Waals surface area contributed by atoms with E-state index >= 15 is 0 Å². The zero-order valence-corrected chi connectivity index (χ0v) is 8.69. The third-order valence-electron chi connectivity index (χ3n) is 2.05. The van der Waals surface area contributed by atoms with Crippen LogP contribution in [-0.4, -0.2) is 17.7 Å². The van der Waals surface area contributed by atoms with Gasteiger partial charge < -0.3 is 9.84 Å². The van der Waals surface area contributed by atoms with Crippen molar-refractivity contribution in [3.63, 3.8) is 0 Å². The fraction of sp³-hybridized carbons (Fsp3) is 0.250. The van der Waals surface area contributed by atoms with Crippen molar-refractivity contribution in [3.8, 4) is 5.75 Å². The summed E-state index contributed by atoms with van der Waals surface area (Å²) in [5, 5.41) is 8.56. The molecule has 0 unspecified atom stereocenters. The first-order valence-electron chi connectivity index (χ1n) is 4.76. The first-order chi connectivity index (χ1) is 7.13. The van der Waals surface area contributed by atoms with Crippen LogP contribution < -0.4 is 4.74 Å². The predicted molar refractivity (Wildman–Crippen MR) is 58.1 cm³/mol. The molecular weight excluding hydrogens is 192 g/mol. The van der Waals surface area contributed by atoms with Crippen molar-refractivity contribution >= 4 is 5.97 Å². The number of hydrogen-bond donors (Lipinski definition) is 1. The van der Waals surface area contributed by atoms with Crippen LogP contribution in [0.5, 0.6) is 5.75 Å². The highest BCUT2D eigenvalue weighted by Crippen LogP contribution is 2.13. The van der Waals surface area contributed by atoms with Crippen LogP contribution in [0.2, 0.25) is 0 Å². The number of benzene rings is 1. The summed E-state index contributed by atoms with van der Waals surface area (Å²) in [5.74, 6) is -0.366. The molecule has 0 aromatic heterocycles. The largest absolute Gasteiger partial charge is 0.489 e. The maximum absolute atomic E-state index is 10.4. The van der Waals surface area contributed by atoms with Crippen LogP contribution in [0.4, 0.5) is 0 Å². The quantitative estimate of drug-likeness (QED) is 0.752. The second-order valence-electron chi connectivity index (χ2n) is 3.19. The lowest BCUT2D eigenvalue weighted by Crippen LogP contribution is -2.08. The van der Waals surface area contributed by atoms with Crippen molar-refractivity contribution in [1.29, 1.82) is 0 Å². The van der Waals surface area contributed by atoms with E-state index in [-0.39, 0.29) is 12.2 Å². The summed E-state index contributed by atoms with van der Waals surface area (Å²) in [6, 6.07) is 7.57. The number of hydrogen-bond acceptors (Lipinski definition) is 2. The second-order valence-corrected chi connectivity index (χ2v) is 3.19. The average Bonchev–Trinajstić information content (AvgIpc) is 2.26. The van der Waals surface area contributed by atoms with Crippen LogP contribution in [0.25, 0.3) is 0 Å². The zero-order chi connectivity index (χ0) is 11.3. The molecule has 0 saturated carbocycles. The lowest BCUT2D eigenvalue weighted by atomic mass is 10.2. The van der Waals surface area contributed by atoms with E-state index in [0.29, 0.717) is 5.75 Å². The van der Waals surface area contributed by atoms with E-state index < -0.39 is 5.97 Å². The maximum Gasteiger partial charge on any atom is 0.334 e. The van der Waals surface area contributed by atoms with E-state index in [0.717, 1.165) is 6.42 Å². The van der Waals surface area contributed by atoms with Gasteiger partial charge in [-0.05, 0) is 24.1 Å². The molecule has 1 aromatic rings. The SMILES string of the molecule is C=C(COc1ccc(CC)cc1)C(=O)O. The Kier molecular flexibility index (Phi) is 3.92. The molecule has 0 aliphatic rings. The van der Waals surface area contributed by atoms with Gasteiger partial charge in [-0.15, -0.1) is 0 Å². The minimum atomic E-state index is -1.03. The van der Waals surface area contributed by atoms with Crippen molar-refractivity contribution < 1.29 is 14.6 Å². The summed E-state index contributed by atoms with van der Waals surface area (Å²) in [6.45, 7) is 5.46. The molecule has 1 aromatic carbocycles. The molecule has 0 bridgehead atoms. The fourth-order valence-corrected chi connectivity index (χ4v) is 1.05. The highest BCUT2D eigenvalue weighted by Gasteiger charge is 2.04. The molecule has 3 nitrogen and oxygen atoms in total. The Balaban J connectivity index is 2.51. The summed E-state index contributed by atoms with van der Waals surface area (Å²) >= 11 is 0. The Morgan fingerprint density at radius 1 is 1.40 bits per heavy atom. The first kappa shape index (κ1) is 11.3. The van der Waals surface area contributed by atoms with E-state index in [1.807, 2.05) is 24.3 Å². The van der Waals surface area contributed by atoms with Crippen molar-refractivity contribution in [2.45, 2.75) is 13.3 Å². The van der Waals surface area contributed by atoms with Gasteiger partial charge in [0.25, 0.3) is 0 Å². The molecule has 1 N–H and O–H groups in total. The number of aryl methyl sites for hydroxylation is 1. The minimum Gasteiger partial charge on any atom is -0.489 e. The highest BCUT2D eigenvalue weighted by molar-refractivity contribution is 5.86. The molecule has 0 atom stereocenters. The van der Waals surface area contributed by atoms with Gasteiger partial charge in [0.05, 0.1) is 5.57 Å². The number of carbonyl (C=O) groups is 1. The number of carboxylic acid groups (broad SMARTS) is 1. The molecule has 15 heavy (non-hydrogen) atoms. The predicted octanol–water partition coefficient (Wildman–Crippen LogP) is 2.27. The maximum atomic E-state index is 10.4. The average molecular weight is 206 g/mol. The molecule has 0 heterocycles. The van der Waals surface area contributed by atoms with Crippen LogP contribution in [0.3, 0.4) is 0 Å². The van der Waals surface area contributed by atoms with E-state index in [4.69, 9.17) is 9.84 Å². The lowest BCUT2D eigenvalue weighted by molar-refractivity contribution is -0.133. The van der Waals surface area contributed by atoms with E-state index in [1.54, 1.807) is 0 Å². The highest BCUT2D eigenvalue weighted by atomic mass is 16.5. The van der Waals surface area contributed by atoms with Crippen LogP contribution in [0.15, 0.2) is 36.4 Å². The van der Waals surface area contributed by atoms with Crippen molar-refractivity contribution in [2.24, 2.45) is 0 Å². The number of ether oxygens (including phenoxy) is 1. The van der Waals surface area contributed by atoms with E-state index in [1.165, 1.54) is 5.56 Å². The van der Waals surface area contributed by atoms with E-state index in [9.17, 15) is 4.79 Å². The third kappa shape index (κ3) is 3.46. The summed E-state index contributed by atoms with van der Waals surface area (Å²) in [7, 11) is 0. The molecule has 1 rings (SSSR count). The van der Waals surface area contributed by atoms with Crippen LogP contribution >= 0.6 is 0 Å². The minimum absolute atomic E-state index is 0.0147. The molecule has 0 aliphatic carbocycles. The first-order valence-corrected chi connectivity index (χ1v) is 4.76. The van der Waals surface area contributed by atoms with E-state index in [2.05, 4.69) is 13.5 Å². The number of aliphatic carboxylic acids is 1. The summed E-state index contributed by atoms with van der Waals surface area (Å²) in [5.41, 5.74) is 1.27. The van der Waals surface area contributed by atoms with Gasteiger partial charge in [-0.1, -0.05) is 25.6 Å². The number of carboxylic acids is 1. The standard InChI is InChI=1S/C12H14O3/c1-3-10-4-6-11(7-5-10)15-8-9(2)12(13)14/h4-7H,2-3,8H2,1H3,(H,13,14). The monoisotopic (exact) mass is 206 g/mol. The molecule has 0 fully saturated rings. The molecular formula is C12H14O3. The fourth-order valence-electron chi connectivity index (χ4n) is 1.05. The van der Waals surface area contributed by atoms with Gasteiger partial charge in [0.1, 0.15) is 12.4 Å². The molecule has 80 valence electrons. The number of rotatable bonds is 5. The molecule has 3 heteroatoms. The van der Waals surface area contributed by atoms with Crippen molar-refractivity contribution in [2.75, 3.05) is 6.61 Å². The van der Waals surface area contributed by atoms with Gasteiger partial charge in [0, 0.05) is 0 Å². The van der Waals surface area contributed by atoms with Gasteiger partial charge in [-0.3, -0.25) is 0 Å². The topological polar surface area (TPSA) is 46.5 Å². The molecule has 0 spiro atoms. The summed E-state index contributed by atoms with van der Waals surface area (Å²) in [4.78, 5) is 10.4. The third-order valence-corrected chi connectivity index (χ3v) is 2.05. The van der Waals surface area contributed by atoms with Crippen LogP contribution in [-0.2, 0) is 11.2 Å². The lowest BCUT2D eigenvalue weighted by Gasteiger charge is -2.06. The van der Waals surface area contributed by atoms with Crippen LogP contribution in [0, 0.1) is 0 Å². The second kappa shape index (κ2) is 5.20. The normalized spacial score (nSPS) is 9.67. The van der Waals surface area contributed by atoms with Crippen molar-refractivity contribution in [1.82, 2.24) is 0 Å². The van der Waals surface area contributed by atoms with Crippen LogP contribution in [0.1, 0.15) is 12.5 Å². The molecule has 0 amide bonds. The molecule has 0 radical (unpaired) electrons. The van der Waals surface area contributed by atoms with Gasteiger partial charge in [0.2, 0.25) is 0 Å². The van der Waals surface area contributed by atoms with Gasteiger partial charge in [-0.25, -0.2) is 4.79 Å². The Morgan fingerprint density at radius 2 is 2.00 bits per heavy atom. The Hall–Kier alpha value is -1.77. The zero-order valence-electron chi connectivity index (χ0n) is 8.69. The van der Waals surface area contributed by atoms with Gasteiger partial charge in [0.15, 0.2) is 0 Å². The van der Waals surface area contributed by atoms with Gasteiger partial charge in [-0.2, -0.15) is 0 Å². The Bertz CT molecular complexity index is 352. The van der Waals surface area contributed by atoms with Crippen molar-refractivity contribution in [3.05, 3.63) is 42.0 Å².